The zero-order valence-corrected chi connectivity index (χ0v) is 11.6. The van der Waals surface area contributed by atoms with Crippen molar-refractivity contribution in [2.45, 2.75) is 6.54 Å². The summed E-state index contributed by atoms with van der Waals surface area (Å²) in [6.07, 6.45) is 1.33. The number of ether oxygens (including phenoxy) is 2. The van der Waals surface area contributed by atoms with Crippen LogP contribution in [0.4, 0.5) is 0 Å². The molecule has 1 aromatic carbocycles. The van der Waals surface area contributed by atoms with E-state index in [1.165, 1.54) is 18.3 Å². The van der Waals surface area contributed by atoms with Crippen molar-refractivity contribution in [2.24, 2.45) is 0 Å². The number of hydrogen-bond acceptors (Lipinski definition) is 4. The van der Waals surface area contributed by atoms with Gasteiger partial charge in [-0.25, -0.2) is 0 Å². The molecular formula is C14H12ClN2O4+. The molecule has 1 aromatic heterocycles. The fourth-order valence-electron chi connectivity index (χ4n) is 2.00. The number of rotatable bonds is 3. The number of carbonyl (C=O) groups excluding carboxylic acids is 1. The molecule has 0 atom stereocenters. The van der Waals surface area contributed by atoms with Crippen LogP contribution in [0.1, 0.15) is 16.1 Å². The maximum absolute atomic E-state index is 12.1. The van der Waals surface area contributed by atoms with Crippen LogP contribution in [0.3, 0.4) is 0 Å². The molecule has 108 valence electrons. The molecule has 1 amide bonds. The summed E-state index contributed by atoms with van der Waals surface area (Å²) in [6.45, 7) is 0.482. The van der Waals surface area contributed by atoms with Crippen LogP contribution in [-0.2, 0) is 6.54 Å². The van der Waals surface area contributed by atoms with Gasteiger partial charge in [-0.3, -0.25) is 10.0 Å². The van der Waals surface area contributed by atoms with Gasteiger partial charge in [-0.2, -0.15) is 0 Å². The highest BCUT2D eigenvalue weighted by Crippen LogP contribution is 2.32. The van der Waals surface area contributed by atoms with Crippen molar-refractivity contribution in [1.29, 1.82) is 0 Å². The van der Waals surface area contributed by atoms with Crippen LogP contribution in [0.25, 0.3) is 0 Å². The topological polar surface area (TPSA) is 71.7 Å². The lowest BCUT2D eigenvalue weighted by Crippen LogP contribution is -2.41. The number of halogens is 1. The minimum atomic E-state index is -0.472. The van der Waals surface area contributed by atoms with E-state index < -0.39 is 5.91 Å². The number of pyridine rings is 1. The Bertz CT molecular complexity index is 685. The van der Waals surface area contributed by atoms with E-state index in [4.69, 9.17) is 21.1 Å². The first-order valence-electron chi connectivity index (χ1n) is 6.21. The summed E-state index contributed by atoms with van der Waals surface area (Å²) >= 11 is 5.90. The van der Waals surface area contributed by atoms with E-state index in [2.05, 4.69) is 5.32 Å². The number of amides is 1. The summed E-state index contributed by atoms with van der Waals surface area (Å²) in [6, 6.07) is 8.47. The highest BCUT2D eigenvalue weighted by Gasteiger charge is 2.23. The second kappa shape index (κ2) is 5.49. The third-order valence-corrected chi connectivity index (χ3v) is 3.34. The average molecular weight is 308 g/mol. The van der Waals surface area contributed by atoms with Crippen LogP contribution in [0.15, 0.2) is 36.5 Å². The summed E-state index contributed by atoms with van der Waals surface area (Å²) in [7, 11) is 0. The highest BCUT2D eigenvalue weighted by atomic mass is 35.5. The lowest BCUT2D eigenvalue weighted by molar-refractivity contribution is -0.905. The van der Waals surface area contributed by atoms with Gasteiger partial charge in [0.2, 0.25) is 13.0 Å². The van der Waals surface area contributed by atoms with Crippen molar-refractivity contribution in [3.05, 3.63) is 52.8 Å². The van der Waals surface area contributed by atoms with Gasteiger partial charge in [-0.1, -0.05) is 17.7 Å². The number of nitrogens with one attached hydrogen (secondary N) is 1. The van der Waals surface area contributed by atoms with Gasteiger partial charge in [0.05, 0.1) is 0 Å². The molecular weight excluding hydrogens is 296 g/mol. The van der Waals surface area contributed by atoms with Crippen molar-refractivity contribution >= 4 is 17.5 Å². The second-order valence-corrected chi connectivity index (χ2v) is 4.83. The predicted octanol–water partition coefficient (Wildman–Crippen LogP) is 1.52. The standard InChI is InChI=1S/C14H11ClN2O4/c15-10-2-1-5-17(19)13(10)14(18)16-7-9-3-4-11-12(6-9)21-8-20-11/h1-6H,7-8H2,(H-,16,18,19)/p+1. The van der Waals surface area contributed by atoms with Crippen LogP contribution in [0.2, 0.25) is 5.02 Å². The Morgan fingerprint density at radius 2 is 2.14 bits per heavy atom. The summed E-state index contributed by atoms with van der Waals surface area (Å²) < 4.78 is 11.2. The van der Waals surface area contributed by atoms with Crippen molar-refractivity contribution in [3.63, 3.8) is 0 Å². The Hall–Kier alpha value is -2.47. The van der Waals surface area contributed by atoms with Crippen LogP contribution >= 0.6 is 11.6 Å². The number of nitrogens with zero attached hydrogens (tertiary/aromatic N) is 1. The molecule has 2 aromatic rings. The SMILES string of the molecule is O=C(NCc1ccc2c(c1)OCO2)c1c(Cl)ccc[n+]1O. The highest BCUT2D eigenvalue weighted by molar-refractivity contribution is 6.33. The minimum Gasteiger partial charge on any atom is -0.454 e. The predicted molar refractivity (Wildman–Crippen MR) is 72.6 cm³/mol. The molecule has 1 aliphatic heterocycles. The van der Waals surface area contributed by atoms with Crippen LogP contribution in [0, 0.1) is 0 Å². The second-order valence-electron chi connectivity index (χ2n) is 4.42. The van der Waals surface area contributed by atoms with E-state index in [1.54, 1.807) is 12.1 Å². The normalized spacial score (nSPS) is 12.2. The average Bonchev–Trinajstić information content (AvgIpc) is 2.92. The Balaban J connectivity index is 1.71. The minimum absolute atomic E-state index is 0.0140. The van der Waals surface area contributed by atoms with Crippen molar-refractivity contribution in [1.82, 2.24) is 5.32 Å². The van der Waals surface area contributed by atoms with Gasteiger partial charge in [0.1, 0.15) is 5.02 Å². The molecule has 0 unspecified atom stereocenters. The van der Waals surface area contributed by atoms with Crippen LogP contribution < -0.4 is 19.5 Å². The summed E-state index contributed by atoms with van der Waals surface area (Å²) in [4.78, 5) is 12.1. The summed E-state index contributed by atoms with van der Waals surface area (Å²) in [5.74, 6) is 0.863. The molecule has 0 saturated heterocycles. The van der Waals surface area contributed by atoms with E-state index in [0.29, 0.717) is 16.2 Å². The maximum Gasteiger partial charge on any atom is 0.339 e. The Labute approximate surface area is 125 Å². The maximum atomic E-state index is 12.1. The van der Waals surface area contributed by atoms with Gasteiger partial charge in [0.15, 0.2) is 11.5 Å². The van der Waals surface area contributed by atoms with Gasteiger partial charge in [0, 0.05) is 17.3 Å². The smallest absolute Gasteiger partial charge is 0.339 e. The van der Waals surface area contributed by atoms with Crippen LogP contribution in [0.5, 0.6) is 11.5 Å². The fourth-order valence-corrected chi connectivity index (χ4v) is 2.25. The third kappa shape index (κ3) is 2.71. The number of fused-ring (bicyclic) bond motifs is 1. The molecule has 2 N–H and O–H groups in total. The monoisotopic (exact) mass is 307 g/mol. The molecule has 7 heteroatoms. The Morgan fingerprint density at radius 3 is 2.95 bits per heavy atom. The third-order valence-electron chi connectivity index (χ3n) is 3.03. The first-order valence-corrected chi connectivity index (χ1v) is 6.59. The van der Waals surface area contributed by atoms with Gasteiger partial charge in [-0.05, 0) is 23.8 Å². The Kier molecular flexibility index (Phi) is 3.53. The van der Waals surface area contributed by atoms with E-state index in [-0.39, 0.29) is 24.1 Å². The lowest BCUT2D eigenvalue weighted by atomic mass is 10.2. The van der Waals surface area contributed by atoms with Crippen molar-refractivity contribution in [2.75, 3.05) is 6.79 Å². The summed E-state index contributed by atoms with van der Waals surface area (Å²) in [5, 5.41) is 12.5. The van der Waals surface area contributed by atoms with Gasteiger partial charge in [0.25, 0.3) is 0 Å². The van der Waals surface area contributed by atoms with Gasteiger partial charge in [-0.15, -0.1) is 0 Å². The number of hydrogen-bond donors (Lipinski definition) is 2. The molecule has 1 aliphatic rings. The number of carbonyl (C=O) groups is 1. The molecule has 21 heavy (non-hydrogen) atoms. The molecule has 0 radical (unpaired) electrons. The van der Waals surface area contributed by atoms with Crippen molar-refractivity contribution in [3.8, 4) is 11.5 Å². The van der Waals surface area contributed by atoms with E-state index in [1.807, 2.05) is 6.07 Å². The molecule has 2 heterocycles. The first-order chi connectivity index (χ1) is 10.1. The van der Waals surface area contributed by atoms with E-state index >= 15 is 0 Å². The molecule has 0 spiro atoms. The Morgan fingerprint density at radius 1 is 1.33 bits per heavy atom. The lowest BCUT2D eigenvalue weighted by Gasteiger charge is -2.05. The molecule has 3 rings (SSSR count). The zero-order valence-electron chi connectivity index (χ0n) is 10.9. The number of aromatic nitrogens is 1. The van der Waals surface area contributed by atoms with Gasteiger partial charge < -0.3 is 14.8 Å². The molecule has 0 bridgehead atoms. The quantitative estimate of drug-likeness (QED) is 0.666. The van der Waals surface area contributed by atoms with Crippen LogP contribution in [-0.4, -0.2) is 17.9 Å². The molecule has 0 saturated carbocycles. The fraction of sp³-hybridized carbons (Fsp3) is 0.143. The van der Waals surface area contributed by atoms with Gasteiger partial charge >= 0.3 is 11.6 Å². The molecule has 6 nitrogen and oxygen atoms in total. The zero-order chi connectivity index (χ0) is 14.8. The number of benzene rings is 1. The summed E-state index contributed by atoms with van der Waals surface area (Å²) in [5.41, 5.74) is 0.837. The molecule has 0 fully saturated rings. The van der Waals surface area contributed by atoms with Crippen molar-refractivity contribution < 1.29 is 24.2 Å². The largest absolute Gasteiger partial charge is 0.454 e. The van der Waals surface area contributed by atoms with E-state index in [0.717, 1.165) is 5.56 Å². The first kappa shape index (κ1) is 13.5. The van der Waals surface area contributed by atoms with E-state index in [9.17, 15) is 10.0 Å². The molecule has 0 aliphatic carbocycles.